The van der Waals surface area contributed by atoms with E-state index < -0.39 is 0 Å². The molecule has 1 heterocycles. The molecule has 3 heteroatoms. The van der Waals surface area contributed by atoms with Crippen LogP contribution in [0.1, 0.15) is 24.5 Å². The molecule has 1 aromatic carbocycles. The van der Waals surface area contributed by atoms with E-state index in [-0.39, 0.29) is 11.9 Å². The summed E-state index contributed by atoms with van der Waals surface area (Å²) >= 11 is 0. The molecule has 1 aromatic rings. The zero-order chi connectivity index (χ0) is 12.4. The van der Waals surface area contributed by atoms with Gasteiger partial charge in [0.2, 0.25) is 5.91 Å². The number of hydrogen-bond acceptors (Lipinski definition) is 2. The molecule has 0 radical (unpaired) electrons. The summed E-state index contributed by atoms with van der Waals surface area (Å²) in [5.74, 6) is 0.0819. The summed E-state index contributed by atoms with van der Waals surface area (Å²) in [6, 6.07) is 6.40. The zero-order valence-electron chi connectivity index (χ0n) is 10.8. The van der Waals surface area contributed by atoms with Gasteiger partial charge in [-0.15, -0.1) is 0 Å². The SMILES string of the molecule is CNC(=O)[C@@H](C)N1CCCc2cc(C)ccc21. The largest absolute Gasteiger partial charge is 0.360 e. The van der Waals surface area contributed by atoms with Gasteiger partial charge in [0.15, 0.2) is 0 Å². The van der Waals surface area contributed by atoms with E-state index in [0.717, 1.165) is 19.4 Å². The highest BCUT2D eigenvalue weighted by Gasteiger charge is 2.25. The lowest BCUT2D eigenvalue weighted by molar-refractivity contribution is -0.121. The number of carbonyl (C=O) groups is 1. The highest BCUT2D eigenvalue weighted by Crippen LogP contribution is 2.29. The smallest absolute Gasteiger partial charge is 0.242 e. The third-order valence-corrected chi connectivity index (χ3v) is 3.48. The molecule has 92 valence electrons. The van der Waals surface area contributed by atoms with Gasteiger partial charge in [0, 0.05) is 19.3 Å². The molecule has 0 fully saturated rings. The first-order valence-corrected chi connectivity index (χ1v) is 6.21. The number of nitrogens with one attached hydrogen (secondary N) is 1. The molecule has 0 spiro atoms. The van der Waals surface area contributed by atoms with Crippen molar-refractivity contribution in [1.82, 2.24) is 5.32 Å². The summed E-state index contributed by atoms with van der Waals surface area (Å²) in [5, 5.41) is 2.72. The molecule has 3 nitrogen and oxygen atoms in total. The lowest BCUT2D eigenvalue weighted by atomic mass is 9.98. The van der Waals surface area contributed by atoms with Crippen molar-refractivity contribution in [2.75, 3.05) is 18.5 Å². The fourth-order valence-electron chi connectivity index (χ4n) is 2.51. The van der Waals surface area contributed by atoms with E-state index in [1.54, 1.807) is 7.05 Å². The lowest BCUT2D eigenvalue weighted by Crippen LogP contribution is -2.46. The van der Waals surface area contributed by atoms with Crippen LogP contribution in [0.2, 0.25) is 0 Å². The maximum absolute atomic E-state index is 11.7. The van der Waals surface area contributed by atoms with Gasteiger partial charge in [-0.1, -0.05) is 17.7 Å². The van der Waals surface area contributed by atoms with E-state index in [4.69, 9.17) is 0 Å². The van der Waals surface area contributed by atoms with Gasteiger partial charge in [-0.25, -0.2) is 0 Å². The van der Waals surface area contributed by atoms with Crippen LogP contribution < -0.4 is 10.2 Å². The molecule has 0 unspecified atom stereocenters. The van der Waals surface area contributed by atoms with Crippen molar-refractivity contribution >= 4 is 11.6 Å². The second-order valence-electron chi connectivity index (χ2n) is 4.72. The predicted molar refractivity (Wildman–Crippen MR) is 70.4 cm³/mol. The summed E-state index contributed by atoms with van der Waals surface area (Å²) in [6.07, 6.45) is 2.24. The second-order valence-corrected chi connectivity index (χ2v) is 4.72. The summed E-state index contributed by atoms with van der Waals surface area (Å²) in [5.41, 5.74) is 3.88. The Kier molecular flexibility index (Phi) is 3.36. The molecule has 1 aliphatic heterocycles. The number of hydrogen-bond donors (Lipinski definition) is 1. The van der Waals surface area contributed by atoms with Crippen molar-refractivity contribution in [2.45, 2.75) is 32.7 Å². The third-order valence-electron chi connectivity index (χ3n) is 3.48. The van der Waals surface area contributed by atoms with Crippen molar-refractivity contribution in [2.24, 2.45) is 0 Å². The van der Waals surface area contributed by atoms with Crippen molar-refractivity contribution in [3.05, 3.63) is 29.3 Å². The van der Waals surface area contributed by atoms with Crippen LogP contribution in [0.25, 0.3) is 0 Å². The van der Waals surface area contributed by atoms with Crippen LogP contribution in [-0.4, -0.2) is 25.5 Å². The Morgan fingerprint density at radius 3 is 2.94 bits per heavy atom. The monoisotopic (exact) mass is 232 g/mol. The molecule has 1 atom stereocenters. The minimum atomic E-state index is -0.0956. The third kappa shape index (κ3) is 2.28. The number of rotatable bonds is 2. The van der Waals surface area contributed by atoms with Gasteiger partial charge < -0.3 is 10.2 Å². The van der Waals surface area contributed by atoms with Crippen molar-refractivity contribution in [1.29, 1.82) is 0 Å². The highest BCUT2D eigenvalue weighted by molar-refractivity contribution is 5.85. The van der Waals surface area contributed by atoms with Crippen LogP contribution in [0, 0.1) is 6.92 Å². The summed E-state index contributed by atoms with van der Waals surface area (Å²) < 4.78 is 0. The Bertz CT molecular complexity index is 428. The van der Waals surface area contributed by atoms with Gasteiger partial charge in [-0.2, -0.15) is 0 Å². The van der Waals surface area contributed by atoms with Gasteiger partial charge in [0.05, 0.1) is 0 Å². The number of carbonyl (C=O) groups excluding carboxylic acids is 1. The van der Waals surface area contributed by atoms with Crippen LogP contribution in [0.4, 0.5) is 5.69 Å². The Morgan fingerprint density at radius 2 is 2.24 bits per heavy atom. The van der Waals surface area contributed by atoms with Crippen LogP contribution in [0.5, 0.6) is 0 Å². The Labute approximate surface area is 103 Å². The summed E-state index contributed by atoms with van der Waals surface area (Å²) in [4.78, 5) is 13.9. The Morgan fingerprint density at radius 1 is 1.47 bits per heavy atom. The van der Waals surface area contributed by atoms with Crippen LogP contribution >= 0.6 is 0 Å². The molecule has 0 saturated heterocycles. The van der Waals surface area contributed by atoms with Crippen molar-refractivity contribution < 1.29 is 4.79 Å². The Balaban J connectivity index is 2.31. The number of aryl methyl sites for hydroxylation is 2. The minimum Gasteiger partial charge on any atom is -0.360 e. The van der Waals surface area contributed by atoms with Gasteiger partial charge in [-0.05, 0) is 38.3 Å². The number of benzene rings is 1. The van der Waals surface area contributed by atoms with Gasteiger partial charge >= 0.3 is 0 Å². The average Bonchev–Trinajstić information content (AvgIpc) is 2.35. The second kappa shape index (κ2) is 4.78. The van der Waals surface area contributed by atoms with E-state index >= 15 is 0 Å². The number of anilines is 1. The van der Waals surface area contributed by atoms with Gasteiger partial charge in [0.25, 0.3) is 0 Å². The summed E-state index contributed by atoms with van der Waals surface area (Å²) in [7, 11) is 1.69. The first-order valence-electron chi connectivity index (χ1n) is 6.21. The number of nitrogens with zero attached hydrogens (tertiary/aromatic N) is 1. The molecule has 1 aliphatic rings. The van der Waals surface area contributed by atoms with Crippen LogP contribution in [0.15, 0.2) is 18.2 Å². The molecule has 0 saturated carbocycles. The van der Waals surface area contributed by atoms with Crippen molar-refractivity contribution in [3.63, 3.8) is 0 Å². The standard InChI is InChI=1S/C14H20N2O/c1-10-6-7-13-12(9-10)5-4-8-16(13)11(2)14(17)15-3/h6-7,9,11H,4-5,8H2,1-3H3,(H,15,17)/t11-/m1/s1. The highest BCUT2D eigenvalue weighted by atomic mass is 16.2. The lowest BCUT2D eigenvalue weighted by Gasteiger charge is -2.35. The normalized spacial score (nSPS) is 16.3. The minimum absolute atomic E-state index is 0.0819. The van der Waals surface area contributed by atoms with Gasteiger partial charge in [-0.3, -0.25) is 4.79 Å². The molecule has 0 aromatic heterocycles. The molecule has 2 rings (SSSR count). The number of fused-ring (bicyclic) bond motifs is 1. The molecule has 0 bridgehead atoms. The zero-order valence-corrected chi connectivity index (χ0v) is 10.8. The van der Waals surface area contributed by atoms with E-state index in [1.165, 1.54) is 16.8 Å². The number of likely N-dealkylation sites (N-methyl/N-ethyl adjacent to an activating group) is 1. The molecule has 1 amide bonds. The Hall–Kier alpha value is -1.51. The quantitative estimate of drug-likeness (QED) is 0.844. The van der Waals surface area contributed by atoms with Crippen molar-refractivity contribution in [3.8, 4) is 0 Å². The molecule has 0 aliphatic carbocycles. The molecular formula is C14H20N2O. The van der Waals surface area contributed by atoms with Gasteiger partial charge in [0.1, 0.15) is 6.04 Å². The molecular weight excluding hydrogens is 212 g/mol. The molecule has 17 heavy (non-hydrogen) atoms. The van der Waals surface area contributed by atoms with E-state index in [1.807, 2.05) is 6.92 Å². The average molecular weight is 232 g/mol. The van der Waals surface area contributed by atoms with Crippen LogP contribution in [0.3, 0.4) is 0 Å². The fraction of sp³-hybridized carbons (Fsp3) is 0.500. The summed E-state index contributed by atoms with van der Waals surface area (Å²) in [6.45, 7) is 5.04. The molecule has 1 N–H and O–H groups in total. The maximum Gasteiger partial charge on any atom is 0.242 e. The topological polar surface area (TPSA) is 32.3 Å². The maximum atomic E-state index is 11.7. The number of amides is 1. The fourth-order valence-corrected chi connectivity index (χ4v) is 2.51. The van der Waals surface area contributed by atoms with Crippen LogP contribution in [-0.2, 0) is 11.2 Å². The first-order chi connectivity index (χ1) is 8.13. The predicted octanol–water partition coefficient (Wildman–Crippen LogP) is 1.88. The van der Waals surface area contributed by atoms with E-state index in [0.29, 0.717) is 0 Å². The van der Waals surface area contributed by atoms with E-state index in [2.05, 4.69) is 35.3 Å². The first kappa shape index (κ1) is 12.0. The van der Waals surface area contributed by atoms with E-state index in [9.17, 15) is 4.79 Å².